The van der Waals surface area contributed by atoms with Gasteiger partial charge in [-0.2, -0.15) is 0 Å². The van der Waals surface area contributed by atoms with Gasteiger partial charge in [0.2, 0.25) is 0 Å². The van der Waals surface area contributed by atoms with Gasteiger partial charge in [0.25, 0.3) is 5.91 Å². The van der Waals surface area contributed by atoms with E-state index in [9.17, 15) is 9.18 Å². The van der Waals surface area contributed by atoms with Gasteiger partial charge in [0.05, 0.1) is 6.61 Å². The Morgan fingerprint density at radius 1 is 1.19 bits per heavy atom. The minimum atomic E-state index is -0.243. The van der Waals surface area contributed by atoms with Gasteiger partial charge in [-0.25, -0.2) is 4.39 Å². The van der Waals surface area contributed by atoms with Crippen LogP contribution in [0.15, 0.2) is 42.6 Å². The zero-order valence-electron chi connectivity index (χ0n) is 14.8. The molecule has 138 valence electrons. The van der Waals surface area contributed by atoms with E-state index in [2.05, 4.69) is 15.2 Å². The Morgan fingerprint density at radius 3 is 2.62 bits per heavy atom. The third-order valence-corrected chi connectivity index (χ3v) is 4.37. The number of aromatic nitrogens is 1. The standard InChI is InChI=1S/C19H23FN4O2/c1-26-13-8-21-16-6-7-22-18(14-16)19(25)24-11-9-23(10-12-24)17-4-2-15(20)3-5-17/h2-7,14H,8-13H2,1H3,(H,21,22). The zero-order valence-corrected chi connectivity index (χ0v) is 14.8. The number of carbonyl (C=O) groups excluding carboxylic acids is 1. The fourth-order valence-corrected chi connectivity index (χ4v) is 2.94. The minimum Gasteiger partial charge on any atom is -0.383 e. The quantitative estimate of drug-likeness (QED) is 0.803. The molecule has 0 saturated carbocycles. The number of carbonyl (C=O) groups is 1. The second-order valence-electron chi connectivity index (χ2n) is 6.10. The van der Waals surface area contributed by atoms with Crippen molar-refractivity contribution < 1.29 is 13.9 Å². The lowest BCUT2D eigenvalue weighted by molar-refractivity contribution is 0.0741. The Kier molecular flexibility index (Phi) is 6.01. The molecule has 0 unspecified atom stereocenters. The number of piperazine rings is 1. The highest BCUT2D eigenvalue weighted by molar-refractivity contribution is 5.93. The normalized spacial score (nSPS) is 14.4. The summed E-state index contributed by atoms with van der Waals surface area (Å²) in [4.78, 5) is 20.9. The van der Waals surface area contributed by atoms with E-state index in [0.717, 1.165) is 11.4 Å². The summed E-state index contributed by atoms with van der Waals surface area (Å²) in [6.45, 7) is 3.91. The van der Waals surface area contributed by atoms with Crippen molar-refractivity contribution in [3.63, 3.8) is 0 Å². The molecule has 1 aromatic heterocycles. The Morgan fingerprint density at radius 2 is 1.92 bits per heavy atom. The Balaban J connectivity index is 1.58. The summed E-state index contributed by atoms with van der Waals surface area (Å²) in [5, 5.41) is 3.20. The van der Waals surface area contributed by atoms with Gasteiger partial charge in [-0.15, -0.1) is 0 Å². The maximum absolute atomic E-state index is 13.0. The molecule has 1 aliphatic rings. The number of anilines is 2. The monoisotopic (exact) mass is 358 g/mol. The van der Waals surface area contributed by atoms with Crippen LogP contribution >= 0.6 is 0 Å². The SMILES string of the molecule is COCCNc1ccnc(C(=O)N2CCN(c3ccc(F)cc3)CC2)c1. The molecule has 1 saturated heterocycles. The van der Waals surface area contributed by atoms with Gasteiger partial charge < -0.3 is 19.9 Å². The summed E-state index contributed by atoms with van der Waals surface area (Å²) in [6.07, 6.45) is 1.64. The first-order valence-corrected chi connectivity index (χ1v) is 8.66. The number of nitrogens with one attached hydrogen (secondary N) is 1. The Labute approximate surface area is 152 Å². The fourth-order valence-electron chi connectivity index (χ4n) is 2.94. The molecular formula is C19H23FN4O2. The van der Waals surface area contributed by atoms with Crippen molar-refractivity contribution in [3.05, 3.63) is 54.1 Å². The van der Waals surface area contributed by atoms with Crippen LogP contribution in [0.2, 0.25) is 0 Å². The van der Waals surface area contributed by atoms with Gasteiger partial charge in [-0.05, 0) is 36.4 Å². The molecule has 7 heteroatoms. The van der Waals surface area contributed by atoms with Gasteiger partial charge in [0, 0.05) is 57.4 Å². The molecule has 0 aliphatic carbocycles. The Bertz CT molecular complexity index is 731. The topological polar surface area (TPSA) is 57.7 Å². The van der Waals surface area contributed by atoms with Crippen molar-refractivity contribution in [1.82, 2.24) is 9.88 Å². The number of rotatable bonds is 6. The predicted octanol–water partition coefficient (Wildman–Crippen LogP) is 2.24. The highest BCUT2D eigenvalue weighted by Crippen LogP contribution is 2.18. The number of hydrogen-bond acceptors (Lipinski definition) is 5. The zero-order chi connectivity index (χ0) is 18.4. The summed E-state index contributed by atoms with van der Waals surface area (Å²) in [5.74, 6) is -0.313. The molecule has 1 aliphatic heterocycles. The molecule has 1 amide bonds. The summed E-state index contributed by atoms with van der Waals surface area (Å²) in [5.41, 5.74) is 2.26. The minimum absolute atomic E-state index is 0.0702. The van der Waals surface area contributed by atoms with Crippen molar-refractivity contribution in [2.45, 2.75) is 0 Å². The van der Waals surface area contributed by atoms with Crippen molar-refractivity contribution in [1.29, 1.82) is 0 Å². The number of methoxy groups -OCH3 is 1. The number of halogens is 1. The van der Waals surface area contributed by atoms with Gasteiger partial charge >= 0.3 is 0 Å². The first kappa shape index (κ1) is 18.1. The lowest BCUT2D eigenvalue weighted by atomic mass is 10.2. The number of amides is 1. The van der Waals surface area contributed by atoms with Crippen LogP contribution in [0.3, 0.4) is 0 Å². The average molecular weight is 358 g/mol. The highest BCUT2D eigenvalue weighted by Gasteiger charge is 2.23. The molecule has 2 heterocycles. The average Bonchev–Trinajstić information content (AvgIpc) is 2.69. The van der Waals surface area contributed by atoms with Crippen LogP contribution in [0.25, 0.3) is 0 Å². The van der Waals surface area contributed by atoms with E-state index in [0.29, 0.717) is 45.0 Å². The van der Waals surface area contributed by atoms with Crippen LogP contribution in [0.1, 0.15) is 10.5 Å². The molecule has 3 rings (SSSR count). The predicted molar refractivity (Wildman–Crippen MR) is 99.1 cm³/mol. The second kappa shape index (κ2) is 8.62. The molecule has 26 heavy (non-hydrogen) atoms. The van der Waals surface area contributed by atoms with E-state index < -0.39 is 0 Å². The molecule has 2 aromatic rings. The van der Waals surface area contributed by atoms with E-state index in [1.807, 2.05) is 6.07 Å². The Hall–Kier alpha value is -2.67. The number of nitrogens with zero attached hydrogens (tertiary/aromatic N) is 3. The van der Waals surface area contributed by atoms with Crippen molar-refractivity contribution in [3.8, 4) is 0 Å². The molecule has 0 spiro atoms. The summed E-state index contributed by atoms with van der Waals surface area (Å²) < 4.78 is 18.1. The lowest BCUT2D eigenvalue weighted by Gasteiger charge is -2.36. The first-order valence-electron chi connectivity index (χ1n) is 8.66. The summed E-state index contributed by atoms with van der Waals surface area (Å²) in [7, 11) is 1.65. The number of hydrogen-bond donors (Lipinski definition) is 1. The highest BCUT2D eigenvalue weighted by atomic mass is 19.1. The van der Waals surface area contributed by atoms with Crippen molar-refractivity contribution in [2.75, 3.05) is 56.7 Å². The largest absolute Gasteiger partial charge is 0.383 e. The molecule has 0 radical (unpaired) electrons. The van der Waals surface area contributed by atoms with Gasteiger partial charge in [0.15, 0.2) is 0 Å². The van der Waals surface area contributed by atoms with E-state index in [-0.39, 0.29) is 11.7 Å². The molecule has 1 fully saturated rings. The summed E-state index contributed by atoms with van der Waals surface area (Å²) in [6, 6.07) is 10.0. The maximum atomic E-state index is 13.0. The molecule has 1 aromatic carbocycles. The van der Waals surface area contributed by atoms with Crippen molar-refractivity contribution >= 4 is 17.3 Å². The van der Waals surface area contributed by atoms with Crippen LogP contribution in [-0.2, 0) is 4.74 Å². The van der Waals surface area contributed by atoms with Gasteiger partial charge in [-0.1, -0.05) is 0 Å². The van der Waals surface area contributed by atoms with Crippen molar-refractivity contribution in [2.24, 2.45) is 0 Å². The third-order valence-electron chi connectivity index (χ3n) is 4.37. The third kappa shape index (κ3) is 4.49. The molecular weight excluding hydrogens is 335 g/mol. The molecule has 0 atom stereocenters. The number of ether oxygens (including phenoxy) is 1. The lowest BCUT2D eigenvalue weighted by Crippen LogP contribution is -2.49. The van der Waals surface area contributed by atoms with Crippen LogP contribution in [0.4, 0.5) is 15.8 Å². The second-order valence-corrected chi connectivity index (χ2v) is 6.10. The first-order chi connectivity index (χ1) is 12.7. The van der Waals surface area contributed by atoms with Crippen LogP contribution in [0.5, 0.6) is 0 Å². The van der Waals surface area contributed by atoms with E-state index in [1.54, 1.807) is 36.4 Å². The maximum Gasteiger partial charge on any atom is 0.272 e. The molecule has 1 N–H and O–H groups in total. The smallest absolute Gasteiger partial charge is 0.272 e. The molecule has 6 nitrogen and oxygen atoms in total. The number of benzene rings is 1. The van der Waals surface area contributed by atoms with E-state index >= 15 is 0 Å². The van der Waals surface area contributed by atoms with Crippen LogP contribution in [-0.4, -0.2) is 62.2 Å². The van der Waals surface area contributed by atoms with E-state index in [1.165, 1.54) is 12.1 Å². The van der Waals surface area contributed by atoms with E-state index in [4.69, 9.17) is 4.74 Å². The van der Waals surface area contributed by atoms with Crippen LogP contribution in [0, 0.1) is 5.82 Å². The van der Waals surface area contributed by atoms with Crippen LogP contribution < -0.4 is 10.2 Å². The fraction of sp³-hybridized carbons (Fsp3) is 0.368. The van der Waals surface area contributed by atoms with Gasteiger partial charge in [-0.3, -0.25) is 9.78 Å². The number of pyridine rings is 1. The molecule has 0 bridgehead atoms. The van der Waals surface area contributed by atoms with Gasteiger partial charge in [0.1, 0.15) is 11.5 Å². The summed E-state index contributed by atoms with van der Waals surface area (Å²) >= 11 is 0.